The molecule has 2 saturated heterocycles. The fourth-order valence-electron chi connectivity index (χ4n) is 2.34. The van der Waals surface area contributed by atoms with Gasteiger partial charge in [-0.1, -0.05) is 0 Å². The average Bonchev–Trinajstić information content (AvgIpc) is 2.96. The van der Waals surface area contributed by atoms with Crippen molar-refractivity contribution in [3.63, 3.8) is 0 Å². The highest BCUT2D eigenvalue weighted by Crippen LogP contribution is 2.57. The van der Waals surface area contributed by atoms with Crippen LogP contribution in [0.4, 0.5) is 39.9 Å². The Bertz CT molecular complexity index is 572. The second-order valence-corrected chi connectivity index (χ2v) is 6.33. The van der Waals surface area contributed by atoms with Crippen molar-refractivity contribution in [3.8, 4) is 0 Å². The molecule has 3 N–H and O–H groups in total. The van der Waals surface area contributed by atoms with E-state index >= 15 is 0 Å². The van der Waals surface area contributed by atoms with Gasteiger partial charge in [-0.3, -0.25) is 0 Å². The Kier molecular flexibility index (Phi) is 4.14. The number of thioether (sulfide) groups is 1. The molecule has 0 aromatic carbocycles. The predicted molar refractivity (Wildman–Crippen MR) is 62.9 cm³/mol. The summed E-state index contributed by atoms with van der Waals surface area (Å²) in [6.07, 6.45) is 0. The van der Waals surface area contributed by atoms with Crippen LogP contribution in [-0.2, 0) is 4.79 Å². The van der Waals surface area contributed by atoms with Crippen LogP contribution in [0.5, 0.6) is 0 Å². The zero-order valence-corrected chi connectivity index (χ0v) is 12.0. The van der Waals surface area contributed by atoms with Gasteiger partial charge in [-0.05, 0) is 0 Å². The fraction of sp³-hybridized carbons (Fsp3) is 0.800. The van der Waals surface area contributed by atoms with Gasteiger partial charge in [0.2, 0.25) is 0 Å². The number of amides is 2. The number of fused-ring (bicyclic) bond motifs is 1. The van der Waals surface area contributed by atoms with Gasteiger partial charge in [0.05, 0.1) is 17.3 Å². The number of alkyl halides is 8. The number of carbonyl (C=O) groups excluding carboxylic acids is 1. The standard InChI is InChI=1S/C10H8F8N2O3S/c11-7(12,4-3-2(1-24-4)19-6(23)20-3)9(15,16)10(17,18)8(13,14)5(21)22/h2-4H,1H2,(H,21,22)(H2,19,20,23)/t2-,3-,4+/m0/s1. The fourth-order valence-corrected chi connectivity index (χ4v) is 3.87. The van der Waals surface area contributed by atoms with E-state index in [1.165, 1.54) is 0 Å². The second kappa shape index (κ2) is 5.26. The number of halogens is 8. The molecule has 14 heteroatoms. The maximum atomic E-state index is 14.0. The lowest BCUT2D eigenvalue weighted by Gasteiger charge is -2.38. The zero-order chi connectivity index (χ0) is 18.7. The van der Waals surface area contributed by atoms with Crippen molar-refractivity contribution in [2.75, 3.05) is 5.75 Å². The van der Waals surface area contributed by atoms with Crippen LogP contribution in [0.25, 0.3) is 0 Å². The first-order valence-electron chi connectivity index (χ1n) is 6.11. The van der Waals surface area contributed by atoms with Crippen molar-refractivity contribution in [1.82, 2.24) is 10.6 Å². The average molecular weight is 388 g/mol. The lowest BCUT2D eigenvalue weighted by atomic mass is 9.92. The first-order valence-corrected chi connectivity index (χ1v) is 7.16. The van der Waals surface area contributed by atoms with Crippen LogP contribution < -0.4 is 10.6 Å². The molecule has 138 valence electrons. The van der Waals surface area contributed by atoms with E-state index < -0.39 is 53.0 Å². The van der Waals surface area contributed by atoms with Crippen molar-refractivity contribution in [2.24, 2.45) is 0 Å². The van der Waals surface area contributed by atoms with Crippen LogP contribution in [0.15, 0.2) is 0 Å². The predicted octanol–water partition coefficient (Wildman–Crippen LogP) is 1.78. The van der Waals surface area contributed by atoms with Gasteiger partial charge in [0, 0.05) is 5.75 Å². The molecule has 3 atom stereocenters. The molecule has 0 radical (unpaired) electrons. The van der Waals surface area contributed by atoms with E-state index in [2.05, 4.69) is 5.32 Å². The molecule has 0 aliphatic carbocycles. The summed E-state index contributed by atoms with van der Waals surface area (Å²) in [5.74, 6) is -29.7. The second-order valence-electron chi connectivity index (χ2n) is 5.16. The Hall–Kier alpha value is -1.47. The first kappa shape index (κ1) is 18.9. The van der Waals surface area contributed by atoms with Crippen molar-refractivity contribution in [3.05, 3.63) is 0 Å². The minimum absolute atomic E-state index is 0.0725. The molecule has 2 rings (SSSR count). The minimum atomic E-state index is -6.87. The van der Waals surface area contributed by atoms with Crippen molar-refractivity contribution >= 4 is 23.8 Å². The van der Waals surface area contributed by atoms with Gasteiger partial charge in [-0.2, -0.15) is 35.1 Å². The monoisotopic (exact) mass is 388 g/mol. The number of urea groups is 1. The third kappa shape index (κ3) is 2.29. The topological polar surface area (TPSA) is 78.4 Å². The Morgan fingerprint density at radius 1 is 1.04 bits per heavy atom. The molecule has 24 heavy (non-hydrogen) atoms. The molecule has 0 aromatic heterocycles. The van der Waals surface area contributed by atoms with E-state index in [0.717, 1.165) is 0 Å². The first-order chi connectivity index (χ1) is 10.7. The largest absolute Gasteiger partial charge is 0.477 e. The van der Waals surface area contributed by atoms with E-state index in [4.69, 9.17) is 5.11 Å². The molecule has 0 aromatic rings. The molecule has 0 bridgehead atoms. The van der Waals surface area contributed by atoms with E-state index in [1.54, 1.807) is 0 Å². The number of carbonyl (C=O) groups is 2. The minimum Gasteiger partial charge on any atom is -0.477 e. The third-order valence-corrected chi connectivity index (χ3v) is 5.16. The van der Waals surface area contributed by atoms with Gasteiger partial charge in [-0.15, -0.1) is 11.8 Å². The molecular formula is C10H8F8N2O3S. The zero-order valence-electron chi connectivity index (χ0n) is 11.1. The summed E-state index contributed by atoms with van der Waals surface area (Å²) in [6, 6.07) is -3.79. The number of carboxylic acid groups (broad SMARTS) is 1. The number of nitrogens with one attached hydrogen (secondary N) is 2. The van der Waals surface area contributed by atoms with Crippen LogP contribution in [0.2, 0.25) is 0 Å². The van der Waals surface area contributed by atoms with Crippen LogP contribution in [0.3, 0.4) is 0 Å². The van der Waals surface area contributed by atoms with Gasteiger partial charge < -0.3 is 15.7 Å². The summed E-state index contributed by atoms with van der Waals surface area (Å²) >= 11 is 0.0725. The molecule has 5 nitrogen and oxygen atoms in total. The van der Waals surface area contributed by atoms with E-state index in [9.17, 15) is 44.7 Å². The van der Waals surface area contributed by atoms with Crippen LogP contribution in [0, 0.1) is 0 Å². The highest BCUT2D eigenvalue weighted by molar-refractivity contribution is 8.00. The van der Waals surface area contributed by atoms with Crippen molar-refractivity contribution < 1.29 is 49.8 Å². The van der Waals surface area contributed by atoms with E-state index in [0.29, 0.717) is 0 Å². The Morgan fingerprint density at radius 3 is 2.08 bits per heavy atom. The molecule has 2 aliphatic rings. The molecule has 2 fully saturated rings. The van der Waals surface area contributed by atoms with Gasteiger partial charge in [0.15, 0.2) is 0 Å². The molecule has 2 heterocycles. The maximum Gasteiger partial charge on any atom is 0.410 e. The molecule has 0 saturated carbocycles. The van der Waals surface area contributed by atoms with Gasteiger partial charge in [0.25, 0.3) is 0 Å². The van der Waals surface area contributed by atoms with E-state index in [-0.39, 0.29) is 17.5 Å². The van der Waals surface area contributed by atoms with Gasteiger partial charge in [0.1, 0.15) is 0 Å². The summed E-state index contributed by atoms with van der Waals surface area (Å²) in [4.78, 5) is 21.1. The summed E-state index contributed by atoms with van der Waals surface area (Å²) in [5, 5.41) is 9.22. The smallest absolute Gasteiger partial charge is 0.410 e. The molecule has 0 spiro atoms. The van der Waals surface area contributed by atoms with Gasteiger partial charge in [-0.25, -0.2) is 9.59 Å². The number of hydrogen-bond acceptors (Lipinski definition) is 3. The number of hydrogen-bond donors (Lipinski definition) is 3. The maximum absolute atomic E-state index is 14.0. The quantitative estimate of drug-likeness (QED) is 0.496. The van der Waals surface area contributed by atoms with Crippen LogP contribution >= 0.6 is 11.8 Å². The summed E-state index contributed by atoms with van der Waals surface area (Å²) in [6.45, 7) is 0. The van der Waals surface area contributed by atoms with Crippen LogP contribution in [-0.4, -0.2) is 63.9 Å². The summed E-state index contributed by atoms with van der Waals surface area (Å²) < 4.78 is 108. The Morgan fingerprint density at radius 2 is 1.58 bits per heavy atom. The highest BCUT2D eigenvalue weighted by atomic mass is 32.2. The summed E-state index contributed by atoms with van der Waals surface area (Å²) in [7, 11) is 0. The Balaban J connectivity index is 2.40. The lowest BCUT2D eigenvalue weighted by molar-refractivity contribution is -0.359. The Labute approximate surface area is 132 Å². The van der Waals surface area contributed by atoms with Gasteiger partial charge >= 0.3 is 35.7 Å². The third-order valence-electron chi connectivity index (χ3n) is 3.66. The lowest BCUT2D eigenvalue weighted by Crippen LogP contribution is -2.68. The van der Waals surface area contributed by atoms with E-state index in [1.807, 2.05) is 5.32 Å². The number of aliphatic carboxylic acids is 1. The molecule has 0 unspecified atom stereocenters. The van der Waals surface area contributed by atoms with Crippen molar-refractivity contribution in [2.45, 2.75) is 41.0 Å². The van der Waals surface area contributed by atoms with Crippen LogP contribution in [0.1, 0.15) is 0 Å². The SMILES string of the molecule is O=C1N[C@H]2[C@H](CS[C@H]2C(F)(F)C(F)(F)C(F)(F)C(F)(F)C(=O)O)N1. The number of carboxylic acids is 1. The molecule has 2 amide bonds. The number of rotatable bonds is 5. The highest BCUT2D eigenvalue weighted by Gasteiger charge is 2.85. The van der Waals surface area contributed by atoms with Crippen molar-refractivity contribution in [1.29, 1.82) is 0 Å². The molecular weight excluding hydrogens is 380 g/mol. The molecule has 2 aliphatic heterocycles. The summed E-state index contributed by atoms with van der Waals surface area (Å²) in [5.41, 5.74) is 0. The normalized spacial score (nSPS) is 28.3.